The monoisotopic (exact) mass is 520 g/mol. The molecule has 1 amide bonds. The maximum absolute atomic E-state index is 13.4. The first-order valence-corrected chi connectivity index (χ1v) is 13.8. The summed E-state index contributed by atoms with van der Waals surface area (Å²) in [5, 5.41) is 11.4. The smallest absolute Gasteiger partial charge is 0.295 e. The van der Waals surface area contributed by atoms with Crippen molar-refractivity contribution in [3.63, 3.8) is 0 Å². The Morgan fingerprint density at radius 3 is 2.45 bits per heavy atom. The highest BCUT2D eigenvalue weighted by Gasteiger charge is 2.46. The molecule has 2 heterocycles. The number of carbonyl (C=O) groups excluding carboxylic acids is 2. The summed E-state index contributed by atoms with van der Waals surface area (Å²) < 4.78 is 11.3. The molecule has 204 valence electrons. The van der Waals surface area contributed by atoms with E-state index in [4.69, 9.17) is 9.47 Å². The lowest BCUT2D eigenvalue weighted by atomic mass is 9.93. The van der Waals surface area contributed by atoms with Crippen LogP contribution in [0.5, 0.6) is 5.75 Å². The van der Waals surface area contributed by atoms with Crippen molar-refractivity contribution in [2.24, 2.45) is 0 Å². The fourth-order valence-electron chi connectivity index (χ4n) is 5.17. The molecule has 7 nitrogen and oxygen atoms in total. The van der Waals surface area contributed by atoms with Gasteiger partial charge in [0.05, 0.1) is 31.4 Å². The van der Waals surface area contributed by atoms with Crippen LogP contribution in [0.25, 0.3) is 5.76 Å². The summed E-state index contributed by atoms with van der Waals surface area (Å²) >= 11 is 0. The molecule has 0 radical (unpaired) electrons. The van der Waals surface area contributed by atoms with Crippen LogP contribution >= 0.6 is 0 Å². The number of aliphatic hydroxyl groups excluding tert-OH is 1. The third-order valence-corrected chi connectivity index (χ3v) is 7.38. The van der Waals surface area contributed by atoms with Crippen molar-refractivity contribution < 1.29 is 24.2 Å². The highest BCUT2D eigenvalue weighted by molar-refractivity contribution is 6.46. The Balaban J connectivity index is 1.64. The number of hydrogen-bond acceptors (Lipinski definition) is 6. The molecular weight excluding hydrogens is 480 g/mol. The van der Waals surface area contributed by atoms with Gasteiger partial charge in [-0.1, -0.05) is 49.6 Å². The molecule has 1 atom stereocenters. The van der Waals surface area contributed by atoms with Crippen LogP contribution in [-0.2, 0) is 14.3 Å². The van der Waals surface area contributed by atoms with Gasteiger partial charge in [0.2, 0.25) is 0 Å². The van der Waals surface area contributed by atoms with Crippen molar-refractivity contribution >= 4 is 17.4 Å². The van der Waals surface area contributed by atoms with Gasteiger partial charge in [-0.05, 0) is 56.0 Å². The van der Waals surface area contributed by atoms with E-state index in [1.54, 1.807) is 4.90 Å². The quantitative estimate of drug-likeness (QED) is 0.194. The van der Waals surface area contributed by atoms with Crippen molar-refractivity contribution in [2.75, 3.05) is 46.0 Å². The van der Waals surface area contributed by atoms with Gasteiger partial charge in [-0.2, -0.15) is 0 Å². The number of nitrogens with zero attached hydrogens (tertiary/aromatic N) is 2. The third kappa shape index (κ3) is 6.45. The van der Waals surface area contributed by atoms with E-state index in [1.165, 1.54) is 0 Å². The molecule has 0 bridgehead atoms. The molecule has 1 N–H and O–H groups in total. The van der Waals surface area contributed by atoms with Crippen LogP contribution in [0.3, 0.4) is 0 Å². The Bertz CT molecular complexity index is 1150. The van der Waals surface area contributed by atoms with Crippen molar-refractivity contribution in [1.29, 1.82) is 0 Å². The molecule has 0 aromatic heterocycles. The Morgan fingerprint density at radius 1 is 1.00 bits per heavy atom. The second kappa shape index (κ2) is 13.1. The van der Waals surface area contributed by atoms with Gasteiger partial charge in [-0.15, -0.1) is 0 Å². The number of unbranched alkanes of at least 4 members (excludes halogenated alkanes) is 2. The number of ketones is 1. The fourth-order valence-corrected chi connectivity index (χ4v) is 5.17. The predicted octanol–water partition coefficient (Wildman–Crippen LogP) is 5.02. The number of morpholine rings is 1. The zero-order valence-electron chi connectivity index (χ0n) is 22.9. The molecule has 2 aromatic carbocycles. The van der Waals surface area contributed by atoms with E-state index in [9.17, 15) is 14.7 Å². The molecule has 0 spiro atoms. The maximum atomic E-state index is 13.4. The standard InChI is InChI=1S/C31H40N2O5/c1-4-5-6-18-38-25-12-10-24(11-13-25)28-27(29(34)26-21-22(2)8-9-23(26)3)30(35)31(36)33(28)15-7-14-32-16-19-37-20-17-32/h8-13,21,28,34H,4-7,14-20H2,1-3H3. The minimum atomic E-state index is -0.659. The highest BCUT2D eigenvalue weighted by Crippen LogP contribution is 2.40. The first kappa shape index (κ1) is 27.9. The summed E-state index contributed by atoms with van der Waals surface area (Å²) in [5.74, 6) is -0.572. The number of amides is 1. The van der Waals surface area contributed by atoms with Gasteiger partial charge in [0, 0.05) is 31.7 Å². The molecule has 7 heteroatoms. The van der Waals surface area contributed by atoms with Crippen LogP contribution in [0.4, 0.5) is 0 Å². The summed E-state index contributed by atoms with van der Waals surface area (Å²) in [5.41, 5.74) is 3.33. The molecule has 2 aromatic rings. The van der Waals surface area contributed by atoms with Gasteiger partial charge in [0.1, 0.15) is 11.5 Å². The van der Waals surface area contributed by atoms with Gasteiger partial charge in [0.15, 0.2) is 0 Å². The molecule has 1 unspecified atom stereocenters. The van der Waals surface area contributed by atoms with Crippen LogP contribution in [0.1, 0.15) is 60.9 Å². The zero-order chi connectivity index (χ0) is 27.1. The first-order chi connectivity index (χ1) is 18.4. The van der Waals surface area contributed by atoms with Gasteiger partial charge < -0.3 is 19.5 Å². The Kier molecular flexibility index (Phi) is 9.58. The van der Waals surface area contributed by atoms with Crippen molar-refractivity contribution in [1.82, 2.24) is 9.80 Å². The van der Waals surface area contributed by atoms with Gasteiger partial charge in [0.25, 0.3) is 11.7 Å². The average molecular weight is 521 g/mol. The van der Waals surface area contributed by atoms with Gasteiger partial charge >= 0.3 is 0 Å². The molecule has 2 fully saturated rings. The molecule has 0 aliphatic carbocycles. The van der Waals surface area contributed by atoms with Crippen molar-refractivity contribution in [2.45, 2.75) is 52.5 Å². The minimum Gasteiger partial charge on any atom is -0.507 e. The summed E-state index contributed by atoms with van der Waals surface area (Å²) in [6.45, 7) is 11.1. The van der Waals surface area contributed by atoms with E-state index in [2.05, 4.69) is 11.8 Å². The number of benzene rings is 2. The SMILES string of the molecule is CCCCCOc1ccc(C2C(=C(O)c3cc(C)ccc3C)C(=O)C(=O)N2CCCN2CCOCC2)cc1. The summed E-state index contributed by atoms with van der Waals surface area (Å²) in [4.78, 5) is 30.6. The highest BCUT2D eigenvalue weighted by atomic mass is 16.5. The van der Waals surface area contributed by atoms with Crippen LogP contribution in [0.15, 0.2) is 48.0 Å². The number of likely N-dealkylation sites (tertiary alicyclic amines) is 1. The van der Waals surface area contributed by atoms with Crippen molar-refractivity contribution in [3.05, 3.63) is 70.3 Å². The Labute approximate surface area is 226 Å². The largest absolute Gasteiger partial charge is 0.507 e. The second-order valence-electron chi connectivity index (χ2n) is 10.2. The number of ether oxygens (including phenoxy) is 2. The van der Waals surface area contributed by atoms with E-state index in [1.807, 2.05) is 56.3 Å². The van der Waals surface area contributed by atoms with E-state index >= 15 is 0 Å². The third-order valence-electron chi connectivity index (χ3n) is 7.38. The average Bonchev–Trinajstić information content (AvgIpc) is 3.18. The Hall–Kier alpha value is -3.16. The first-order valence-electron chi connectivity index (χ1n) is 13.8. The van der Waals surface area contributed by atoms with E-state index in [-0.39, 0.29) is 11.3 Å². The molecular formula is C31H40N2O5. The summed E-state index contributed by atoms with van der Waals surface area (Å²) in [6.07, 6.45) is 3.98. The minimum absolute atomic E-state index is 0.120. The lowest BCUT2D eigenvalue weighted by Crippen LogP contribution is -2.38. The van der Waals surface area contributed by atoms with E-state index < -0.39 is 17.7 Å². The molecule has 2 saturated heterocycles. The number of rotatable bonds is 11. The molecule has 2 aliphatic heterocycles. The Morgan fingerprint density at radius 2 is 1.74 bits per heavy atom. The second-order valence-corrected chi connectivity index (χ2v) is 10.2. The molecule has 2 aliphatic rings. The van der Waals surface area contributed by atoms with Crippen molar-refractivity contribution in [3.8, 4) is 5.75 Å². The van der Waals surface area contributed by atoms with E-state index in [0.717, 1.165) is 67.8 Å². The number of aliphatic hydroxyl groups is 1. The topological polar surface area (TPSA) is 79.3 Å². The molecule has 38 heavy (non-hydrogen) atoms. The number of carbonyl (C=O) groups is 2. The summed E-state index contributed by atoms with van der Waals surface area (Å²) in [7, 11) is 0. The van der Waals surface area contributed by atoms with Crippen LogP contribution < -0.4 is 4.74 Å². The number of Topliss-reactive ketones (excluding diaryl/α,β-unsaturated/α-hetero) is 1. The lowest BCUT2D eigenvalue weighted by molar-refractivity contribution is -0.140. The predicted molar refractivity (Wildman–Crippen MR) is 148 cm³/mol. The number of aryl methyl sites for hydroxylation is 2. The van der Waals surface area contributed by atoms with Gasteiger partial charge in [-0.3, -0.25) is 14.5 Å². The van der Waals surface area contributed by atoms with E-state index in [0.29, 0.717) is 31.9 Å². The zero-order valence-corrected chi connectivity index (χ0v) is 22.9. The molecule has 4 rings (SSSR count). The molecule has 0 saturated carbocycles. The fraction of sp³-hybridized carbons (Fsp3) is 0.484. The van der Waals surface area contributed by atoms with Crippen LogP contribution in [0, 0.1) is 13.8 Å². The van der Waals surface area contributed by atoms with Crippen LogP contribution in [0.2, 0.25) is 0 Å². The normalized spacial score (nSPS) is 19.8. The van der Waals surface area contributed by atoms with Crippen LogP contribution in [-0.4, -0.2) is 72.6 Å². The van der Waals surface area contributed by atoms with Gasteiger partial charge in [-0.25, -0.2) is 0 Å². The number of hydrogen-bond donors (Lipinski definition) is 1. The maximum Gasteiger partial charge on any atom is 0.295 e. The lowest BCUT2D eigenvalue weighted by Gasteiger charge is -2.29. The summed E-state index contributed by atoms with van der Waals surface area (Å²) in [6, 6.07) is 12.7.